The summed E-state index contributed by atoms with van der Waals surface area (Å²) in [6, 6.07) is 0.696. The standard InChI is InChI=1S/C10H19N/c1-8(2)11-10-7-5-4-6-9(10)3/h9-11H,1,4-7H2,2-3H3. The fourth-order valence-corrected chi connectivity index (χ4v) is 1.85. The first-order valence-corrected chi connectivity index (χ1v) is 4.62. The van der Waals surface area contributed by atoms with Crippen LogP contribution >= 0.6 is 0 Å². The largest absolute Gasteiger partial charge is 0.386 e. The van der Waals surface area contributed by atoms with Crippen LogP contribution < -0.4 is 5.32 Å². The summed E-state index contributed by atoms with van der Waals surface area (Å²) in [6.45, 7) is 8.25. The lowest BCUT2D eigenvalue weighted by Crippen LogP contribution is -2.35. The minimum Gasteiger partial charge on any atom is -0.386 e. The van der Waals surface area contributed by atoms with E-state index in [9.17, 15) is 0 Å². The third kappa shape index (κ3) is 2.57. The highest BCUT2D eigenvalue weighted by molar-refractivity contribution is 4.91. The first-order valence-electron chi connectivity index (χ1n) is 4.62. The second-order valence-electron chi connectivity index (χ2n) is 3.79. The van der Waals surface area contributed by atoms with Crippen molar-refractivity contribution in [3.8, 4) is 0 Å². The molecule has 0 spiro atoms. The Hall–Kier alpha value is -0.460. The number of nitrogens with one attached hydrogen (secondary N) is 1. The van der Waals surface area contributed by atoms with Gasteiger partial charge in [0, 0.05) is 11.7 Å². The number of hydrogen-bond acceptors (Lipinski definition) is 1. The number of hydrogen-bond donors (Lipinski definition) is 1. The summed E-state index contributed by atoms with van der Waals surface area (Å²) in [5, 5.41) is 3.44. The summed E-state index contributed by atoms with van der Waals surface area (Å²) in [4.78, 5) is 0. The number of rotatable bonds is 2. The highest BCUT2D eigenvalue weighted by Crippen LogP contribution is 2.23. The predicted molar refractivity (Wildman–Crippen MR) is 49.4 cm³/mol. The molecule has 11 heavy (non-hydrogen) atoms. The summed E-state index contributed by atoms with van der Waals surface area (Å²) in [5.74, 6) is 0.834. The van der Waals surface area contributed by atoms with Crippen LogP contribution in [0.2, 0.25) is 0 Å². The molecule has 0 amide bonds. The maximum atomic E-state index is 3.87. The van der Waals surface area contributed by atoms with Crippen molar-refractivity contribution in [3.63, 3.8) is 0 Å². The van der Waals surface area contributed by atoms with Crippen molar-refractivity contribution in [2.45, 2.75) is 45.6 Å². The lowest BCUT2D eigenvalue weighted by atomic mass is 9.86. The van der Waals surface area contributed by atoms with Gasteiger partial charge in [0.05, 0.1) is 0 Å². The lowest BCUT2D eigenvalue weighted by molar-refractivity contribution is 0.297. The molecule has 1 fully saturated rings. The van der Waals surface area contributed by atoms with E-state index in [0.29, 0.717) is 6.04 Å². The van der Waals surface area contributed by atoms with Gasteiger partial charge in [-0.25, -0.2) is 0 Å². The van der Waals surface area contributed by atoms with Crippen LogP contribution in [0.5, 0.6) is 0 Å². The van der Waals surface area contributed by atoms with E-state index in [0.717, 1.165) is 11.6 Å². The SMILES string of the molecule is C=C(C)NC1CCCCC1C. The highest BCUT2D eigenvalue weighted by atomic mass is 14.9. The Balaban J connectivity index is 2.35. The molecular formula is C10H19N. The van der Waals surface area contributed by atoms with Gasteiger partial charge < -0.3 is 5.32 Å². The predicted octanol–water partition coefficient (Wildman–Crippen LogP) is 2.69. The molecule has 1 rings (SSSR count). The molecule has 2 unspecified atom stereocenters. The van der Waals surface area contributed by atoms with E-state index < -0.39 is 0 Å². The molecule has 0 heterocycles. The molecule has 1 aliphatic rings. The Morgan fingerprint density at radius 1 is 1.36 bits per heavy atom. The van der Waals surface area contributed by atoms with Crippen molar-refractivity contribution in [3.05, 3.63) is 12.3 Å². The molecular weight excluding hydrogens is 134 g/mol. The first kappa shape index (κ1) is 8.63. The van der Waals surface area contributed by atoms with Gasteiger partial charge in [0.1, 0.15) is 0 Å². The quantitative estimate of drug-likeness (QED) is 0.643. The zero-order chi connectivity index (χ0) is 8.27. The molecule has 64 valence electrons. The molecule has 0 aliphatic heterocycles. The van der Waals surface area contributed by atoms with Gasteiger partial charge in [0.15, 0.2) is 0 Å². The van der Waals surface area contributed by atoms with Crippen molar-refractivity contribution in [1.29, 1.82) is 0 Å². The fraction of sp³-hybridized carbons (Fsp3) is 0.800. The van der Waals surface area contributed by atoms with E-state index in [2.05, 4.69) is 18.8 Å². The lowest BCUT2D eigenvalue weighted by Gasteiger charge is -2.30. The normalized spacial score (nSPS) is 31.5. The Morgan fingerprint density at radius 2 is 2.00 bits per heavy atom. The molecule has 0 saturated heterocycles. The van der Waals surface area contributed by atoms with E-state index in [1.807, 2.05) is 6.92 Å². The van der Waals surface area contributed by atoms with Gasteiger partial charge in [-0.3, -0.25) is 0 Å². The third-order valence-electron chi connectivity index (χ3n) is 2.54. The summed E-state index contributed by atoms with van der Waals surface area (Å²) in [5.41, 5.74) is 1.11. The van der Waals surface area contributed by atoms with E-state index in [1.165, 1.54) is 25.7 Å². The Morgan fingerprint density at radius 3 is 2.55 bits per heavy atom. The summed E-state index contributed by atoms with van der Waals surface area (Å²) < 4.78 is 0. The van der Waals surface area contributed by atoms with Gasteiger partial charge in [-0.2, -0.15) is 0 Å². The second-order valence-corrected chi connectivity index (χ2v) is 3.79. The molecule has 2 atom stereocenters. The molecule has 0 aromatic heterocycles. The molecule has 1 aliphatic carbocycles. The smallest absolute Gasteiger partial charge is 0.0283 e. The van der Waals surface area contributed by atoms with Gasteiger partial charge in [-0.05, 0) is 25.7 Å². The van der Waals surface area contributed by atoms with E-state index in [4.69, 9.17) is 0 Å². The van der Waals surface area contributed by atoms with E-state index >= 15 is 0 Å². The zero-order valence-corrected chi connectivity index (χ0v) is 7.69. The summed E-state index contributed by atoms with van der Waals surface area (Å²) >= 11 is 0. The first-order chi connectivity index (χ1) is 5.20. The van der Waals surface area contributed by atoms with Crippen LogP contribution in [0.25, 0.3) is 0 Å². The van der Waals surface area contributed by atoms with Crippen LogP contribution in [0.3, 0.4) is 0 Å². The highest BCUT2D eigenvalue weighted by Gasteiger charge is 2.19. The molecule has 1 saturated carbocycles. The Labute approximate surface area is 69.9 Å². The molecule has 1 heteroatoms. The minimum absolute atomic E-state index is 0.696. The van der Waals surface area contributed by atoms with E-state index in [-0.39, 0.29) is 0 Å². The van der Waals surface area contributed by atoms with Crippen molar-refractivity contribution in [2.75, 3.05) is 0 Å². The van der Waals surface area contributed by atoms with Crippen LogP contribution in [0.15, 0.2) is 12.3 Å². The van der Waals surface area contributed by atoms with Gasteiger partial charge in [0.25, 0.3) is 0 Å². The van der Waals surface area contributed by atoms with Crippen molar-refractivity contribution < 1.29 is 0 Å². The van der Waals surface area contributed by atoms with Crippen molar-refractivity contribution in [1.82, 2.24) is 5.32 Å². The zero-order valence-electron chi connectivity index (χ0n) is 7.69. The monoisotopic (exact) mass is 153 g/mol. The average molecular weight is 153 g/mol. The molecule has 0 aromatic rings. The molecule has 0 aromatic carbocycles. The van der Waals surface area contributed by atoms with Crippen LogP contribution in [-0.4, -0.2) is 6.04 Å². The van der Waals surface area contributed by atoms with Gasteiger partial charge >= 0.3 is 0 Å². The molecule has 1 nitrogen and oxygen atoms in total. The van der Waals surface area contributed by atoms with Crippen LogP contribution in [-0.2, 0) is 0 Å². The number of allylic oxidation sites excluding steroid dienone is 1. The molecule has 1 N–H and O–H groups in total. The molecule has 0 bridgehead atoms. The van der Waals surface area contributed by atoms with Gasteiger partial charge in [0.2, 0.25) is 0 Å². The Bertz CT molecular complexity index is 140. The van der Waals surface area contributed by atoms with Crippen LogP contribution in [0.4, 0.5) is 0 Å². The van der Waals surface area contributed by atoms with Crippen LogP contribution in [0, 0.1) is 5.92 Å². The fourth-order valence-electron chi connectivity index (χ4n) is 1.85. The minimum atomic E-state index is 0.696. The summed E-state index contributed by atoms with van der Waals surface area (Å²) in [7, 11) is 0. The van der Waals surface area contributed by atoms with Crippen LogP contribution in [0.1, 0.15) is 39.5 Å². The summed E-state index contributed by atoms with van der Waals surface area (Å²) in [6.07, 6.45) is 5.50. The average Bonchev–Trinajstić information content (AvgIpc) is 1.93. The topological polar surface area (TPSA) is 12.0 Å². The van der Waals surface area contributed by atoms with Crippen molar-refractivity contribution >= 4 is 0 Å². The maximum absolute atomic E-state index is 3.87. The van der Waals surface area contributed by atoms with Crippen molar-refractivity contribution in [2.24, 2.45) is 5.92 Å². The van der Waals surface area contributed by atoms with Gasteiger partial charge in [-0.1, -0.05) is 26.3 Å². The Kier molecular flexibility index (Phi) is 2.98. The van der Waals surface area contributed by atoms with Gasteiger partial charge in [-0.15, -0.1) is 0 Å². The molecule has 0 radical (unpaired) electrons. The second kappa shape index (κ2) is 3.80. The maximum Gasteiger partial charge on any atom is 0.0283 e. The third-order valence-corrected chi connectivity index (χ3v) is 2.54. The van der Waals surface area contributed by atoms with E-state index in [1.54, 1.807) is 0 Å².